The first-order chi connectivity index (χ1) is 8.76. The van der Waals surface area contributed by atoms with Crippen LogP contribution >= 0.6 is 12.4 Å². The third-order valence-corrected chi connectivity index (χ3v) is 2.87. The van der Waals surface area contributed by atoms with Gasteiger partial charge in [-0.15, -0.1) is 12.4 Å². The van der Waals surface area contributed by atoms with Gasteiger partial charge < -0.3 is 9.84 Å². The topological polar surface area (TPSA) is 61.7 Å². The van der Waals surface area contributed by atoms with Crippen LogP contribution in [0.4, 0.5) is 5.69 Å². The minimum Gasteiger partial charge on any atom is -0.566 e. The van der Waals surface area contributed by atoms with Crippen molar-refractivity contribution in [2.75, 3.05) is 27.7 Å². The molecule has 0 unspecified atom stereocenters. The van der Waals surface area contributed by atoms with Crippen LogP contribution in [-0.4, -0.2) is 39.6 Å². The summed E-state index contributed by atoms with van der Waals surface area (Å²) in [5, 5.41) is 11.2. The molecule has 0 bridgehead atoms. The number of likely N-dealkylation sites (N-methyl/N-ethyl adjacent to an activating group) is 1. The largest absolute Gasteiger partial charge is 0.566 e. The lowest BCUT2D eigenvalue weighted by Gasteiger charge is -2.29. The van der Waals surface area contributed by atoms with E-state index in [2.05, 4.69) is 4.99 Å². The highest BCUT2D eigenvalue weighted by atomic mass is 35.5. The molecule has 0 fully saturated rings. The molecular formula is C14H21ClN2O3. The number of hydrogen-bond donors (Lipinski definition) is 0. The molecule has 112 valence electrons. The van der Waals surface area contributed by atoms with Crippen LogP contribution in [0.5, 0.6) is 5.75 Å². The van der Waals surface area contributed by atoms with Crippen molar-refractivity contribution >= 4 is 30.0 Å². The van der Waals surface area contributed by atoms with E-state index in [-0.39, 0.29) is 18.2 Å². The average Bonchev–Trinajstić information content (AvgIpc) is 2.29. The Kier molecular flexibility index (Phi) is 6.68. The van der Waals surface area contributed by atoms with E-state index >= 15 is 0 Å². The van der Waals surface area contributed by atoms with Crippen molar-refractivity contribution in [3.63, 3.8) is 0 Å². The van der Waals surface area contributed by atoms with Crippen LogP contribution in [-0.2, 0) is 4.79 Å². The van der Waals surface area contributed by atoms with Crippen LogP contribution in [0.25, 0.3) is 0 Å². The molecule has 1 aromatic rings. The Morgan fingerprint density at radius 2 is 2.00 bits per heavy atom. The monoisotopic (exact) mass is 300 g/mol. The Bertz CT molecular complexity index is 513. The van der Waals surface area contributed by atoms with Gasteiger partial charge in [-0.05, 0) is 18.6 Å². The molecule has 0 aliphatic carbocycles. The van der Waals surface area contributed by atoms with Crippen molar-refractivity contribution in [2.24, 2.45) is 4.99 Å². The second kappa shape index (κ2) is 7.26. The third kappa shape index (κ3) is 4.83. The maximum atomic E-state index is 11.3. The quantitative estimate of drug-likeness (QED) is 0.478. The number of ether oxygens (including phenoxy) is 1. The van der Waals surface area contributed by atoms with E-state index < -0.39 is 6.08 Å². The molecule has 0 saturated carbocycles. The fraction of sp³-hybridized carbons (Fsp3) is 0.429. The first kappa shape index (κ1) is 18.4. The number of nitrogens with zero attached hydrogens (tertiary/aromatic N) is 2. The van der Waals surface area contributed by atoms with Crippen molar-refractivity contribution in [3.8, 4) is 5.75 Å². The van der Waals surface area contributed by atoms with Gasteiger partial charge >= 0.3 is 0 Å². The first-order valence-corrected chi connectivity index (χ1v) is 6.01. The molecule has 20 heavy (non-hydrogen) atoms. The van der Waals surface area contributed by atoms with Crippen molar-refractivity contribution in [1.29, 1.82) is 0 Å². The summed E-state index contributed by atoms with van der Waals surface area (Å²) in [4.78, 5) is 14.7. The van der Waals surface area contributed by atoms with Crippen LogP contribution in [0.3, 0.4) is 0 Å². The zero-order valence-electron chi connectivity index (χ0n) is 12.5. The number of carbonyl (C=O) groups is 1. The summed E-state index contributed by atoms with van der Waals surface area (Å²) in [6.45, 7) is 3.80. The van der Waals surface area contributed by atoms with Crippen LogP contribution in [0.15, 0.2) is 23.2 Å². The number of halogens is 1. The average molecular weight is 301 g/mol. The van der Waals surface area contributed by atoms with E-state index in [4.69, 9.17) is 4.74 Å². The first-order valence-electron chi connectivity index (χ1n) is 6.01. The van der Waals surface area contributed by atoms with Gasteiger partial charge in [0.15, 0.2) is 5.78 Å². The summed E-state index contributed by atoms with van der Waals surface area (Å²) < 4.78 is 5.54. The molecule has 0 N–H and O–H groups in total. The number of benzene rings is 1. The maximum Gasteiger partial charge on any atom is 0.184 e. The summed E-state index contributed by atoms with van der Waals surface area (Å²) in [6, 6.07) is 5.58. The lowest BCUT2D eigenvalue weighted by molar-refractivity contribution is -0.240. The molecule has 0 aliphatic heterocycles. The summed E-state index contributed by atoms with van der Waals surface area (Å²) in [7, 11) is 5.25. The number of Topliss-reactive ketones (excluding diaryl/α,β-unsaturated/α-hetero) is 1. The van der Waals surface area contributed by atoms with Crippen LogP contribution in [0, 0.1) is 6.92 Å². The molecule has 6 heteroatoms. The van der Waals surface area contributed by atoms with Gasteiger partial charge in [0.25, 0.3) is 0 Å². The van der Waals surface area contributed by atoms with Gasteiger partial charge in [-0.25, -0.2) is 0 Å². The van der Waals surface area contributed by atoms with Gasteiger partial charge in [0.1, 0.15) is 18.3 Å². The fourth-order valence-electron chi connectivity index (χ4n) is 1.86. The highest BCUT2D eigenvalue weighted by molar-refractivity contribution is 5.85. The molecule has 5 nitrogen and oxygen atoms in total. The Labute approximate surface area is 125 Å². The van der Waals surface area contributed by atoms with E-state index in [1.54, 1.807) is 13.0 Å². The standard InChI is InChI=1S/C14H20N2O3.ClH/c1-10-6-7-12(16(4,5)9-11(2)17)8-13(10)19-14(18)15-3;/h6-8H,9H2,1-5H3;1H. The number of quaternary nitrogens is 1. The minimum atomic E-state index is -0.628. The van der Waals surface area contributed by atoms with Gasteiger partial charge in [0.05, 0.1) is 14.1 Å². The van der Waals surface area contributed by atoms with Crippen molar-refractivity contribution < 1.29 is 14.6 Å². The second-order valence-electron chi connectivity index (χ2n) is 5.09. The Morgan fingerprint density at radius 1 is 1.40 bits per heavy atom. The molecule has 0 aliphatic rings. The number of rotatable bonds is 4. The Balaban J connectivity index is 0.00000361. The highest BCUT2D eigenvalue weighted by Gasteiger charge is 2.21. The molecule has 0 amide bonds. The van der Waals surface area contributed by atoms with Crippen LogP contribution < -0.4 is 14.3 Å². The van der Waals surface area contributed by atoms with E-state index in [0.29, 0.717) is 16.8 Å². The van der Waals surface area contributed by atoms with Gasteiger partial charge in [0, 0.05) is 25.8 Å². The van der Waals surface area contributed by atoms with E-state index in [0.717, 1.165) is 11.3 Å². The number of carbonyl (C=O) groups excluding carboxylic acids is 1. The second-order valence-corrected chi connectivity index (χ2v) is 5.09. The lowest BCUT2D eigenvalue weighted by atomic mass is 10.1. The minimum absolute atomic E-state index is 0. The predicted octanol–water partition coefficient (Wildman–Crippen LogP) is 1.30. The van der Waals surface area contributed by atoms with Crippen molar-refractivity contribution in [1.82, 2.24) is 4.48 Å². The molecule has 0 spiro atoms. The Hall–Kier alpha value is -1.59. The van der Waals surface area contributed by atoms with Crippen molar-refractivity contribution in [3.05, 3.63) is 23.8 Å². The zero-order valence-corrected chi connectivity index (χ0v) is 13.3. The predicted molar refractivity (Wildman–Crippen MR) is 81.6 cm³/mol. The molecule has 0 atom stereocenters. The van der Waals surface area contributed by atoms with Gasteiger partial charge in [-0.2, -0.15) is 0 Å². The van der Waals surface area contributed by atoms with Gasteiger partial charge in [0.2, 0.25) is 0 Å². The van der Waals surface area contributed by atoms with E-state index in [1.807, 2.05) is 33.2 Å². The SMILES string of the molecule is CN=C([O-])Oc1cc([N+](C)(C)CC(C)=O)ccc1C.Cl. The molecule has 1 rings (SSSR count). The summed E-state index contributed by atoms with van der Waals surface area (Å²) >= 11 is 0. The zero-order chi connectivity index (χ0) is 14.6. The molecule has 0 saturated heterocycles. The molecule has 0 heterocycles. The molecule has 0 radical (unpaired) electrons. The van der Waals surface area contributed by atoms with Crippen molar-refractivity contribution in [2.45, 2.75) is 13.8 Å². The Morgan fingerprint density at radius 3 is 2.50 bits per heavy atom. The summed E-state index contributed by atoms with van der Waals surface area (Å²) in [5.74, 6) is 0.579. The molecule has 1 aromatic carbocycles. The van der Waals surface area contributed by atoms with E-state index in [9.17, 15) is 9.90 Å². The van der Waals surface area contributed by atoms with Crippen LogP contribution in [0.2, 0.25) is 0 Å². The molecule has 0 aromatic heterocycles. The van der Waals surface area contributed by atoms with E-state index in [1.165, 1.54) is 7.05 Å². The smallest absolute Gasteiger partial charge is 0.184 e. The number of aliphatic imine (C=N–C) groups is 1. The summed E-state index contributed by atoms with van der Waals surface area (Å²) in [5.41, 5.74) is 1.75. The highest BCUT2D eigenvalue weighted by Crippen LogP contribution is 2.27. The maximum absolute atomic E-state index is 11.3. The van der Waals surface area contributed by atoms with Gasteiger partial charge in [-0.3, -0.25) is 14.3 Å². The summed E-state index contributed by atoms with van der Waals surface area (Å²) in [6.07, 6.45) is -0.628. The normalized spacial score (nSPS) is 11.8. The third-order valence-electron chi connectivity index (χ3n) is 2.87. The molecular weight excluding hydrogens is 280 g/mol. The van der Waals surface area contributed by atoms with Gasteiger partial charge in [-0.1, -0.05) is 6.07 Å². The lowest BCUT2D eigenvalue weighted by Crippen LogP contribution is -2.44. The number of hydrogen-bond acceptors (Lipinski definition) is 4. The number of aryl methyl sites for hydroxylation is 1. The number of ketones is 1. The van der Waals surface area contributed by atoms with Crippen LogP contribution in [0.1, 0.15) is 12.5 Å². The fourth-order valence-corrected chi connectivity index (χ4v) is 1.86.